The van der Waals surface area contributed by atoms with Gasteiger partial charge in [-0.2, -0.15) is 0 Å². The second-order valence-corrected chi connectivity index (χ2v) is 4.96. The van der Waals surface area contributed by atoms with Gasteiger partial charge in [0.05, 0.1) is 11.4 Å². The van der Waals surface area contributed by atoms with Crippen LogP contribution >= 0.6 is 0 Å². The Morgan fingerprint density at radius 3 is 2.57 bits per heavy atom. The van der Waals surface area contributed by atoms with E-state index in [-0.39, 0.29) is 5.78 Å². The predicted molar refractivity (Wildman–Crippen MR) is 83.1 cm³/mol. The lowest BCUT2D eigenvalue weighted by Crippen LogP contribution is -2.04. The second kappa shape index (κ2) is 4.98. The molecule has 0 amide bonds. The second-order valence-electron chi connectivity index (χ2n) is 4.96. The van der Waals surface area contributed by atoms with Gasteiger partial charge in [0.25, 0.3) is 0 Å². The molecule has 0 saturated heterocycles. The zero-order valence-corrected chi connectivity index (χ0v) is 12.0. The number of rotatable bonds is 3. The Hall–Kier alpha value is -2.75. The lowest BCUT2D eigenvalue weighted by molar-refractivity contribution is 0.101. The molecule has 0 radical (unpaired) electrons. The van der Waals surface area contributed by atoms with Crippen LogP contribution in [0.1, 0.15) is 28.7 Å². The fourth-order valence-corrected chi connectivity index (χ4v) is 2.50. The minimum atomic E-state index is -0.0931. The van der Waals surface area contributed by atoms with Crippen molar-refractivity contribution in [2.75, 3.05) is 0 Å². The minimum absolute atomic E-state index is 0.0931. The summed E-state index contributed by atoms with van der Waals surface area (Å²) < 4.78 is 1.62. The van der Waals surface area contributed by atoms with Crippen molar-refractivity contribution in [3.05, 3.63) is 66.0 Å². The molecule has 0 saturated carbocycles. The van der Waals surface area contributed by atoms with Gasteiger partial charge in [-0.05, 0) is 17.7 Å². The lowest BCUT2D eigenvalue weighted by atomic mass is 10.0. The number of Topliss-reactive ketones (excluding diaryl/α,β-unsaturated/α-hetero) is 1. The van der Waals surface area contributed by atoms with E-state index in [1.165, 1.54) is 6.92 Å². The fourth-order valence-electron chi connectivity index (χ4n) is 2.50. The Bertz CT molecular complexity index is 856. The zero-order chi connectivity index (χ0) is 15.0. The highest BCUT2D eigenvalue weighted by Gasteiger charge is 2.16. The van der Waals surface area contributed by atoms with E-state index in [0.717, 1.165) is 16.3 Å². The summed E-state index contributed by atoms with van der Waals surface area (Å²) in [4.78, 5) is 11.5. The Labute approximate surface area is 122 Å². The number of carbonyl (C=O) groups excluding carboxylic acids is 1. The van der Waals surface area contributed by atoms with Crippen molar-refractivity contribution in [3.8, 4) is 0 Å². The number of ketones is 1. The molecule has 0 aliphatic carbocycles. The van der Waals surface area contributed by atoms with Gasteiger partial charge >= 0.3 is 0 Å². The van der Waals surface area contributed by atoms with Crippen molar-refractivity contribution in [1.29, 1.82) is 0 Å². The molecular weight excluding hydrogens is 262 g/mol. The van der Waals surface area contributed by atoms with Crippen molar-refractivity contribution in [2.45, 2.75) is 13.8 Å². The van der Waals surface area contributed by atoms with Crippen molar-refractivity contribution < 1.29 is 4.79 Å². The SMILES string of the molecule is C=C(c1cccc2ccccc12)n1nnc(C(C)=O)c1C. The molecule has 0 aliphatic heterocycles. The van der Waals surface area contributed by atoms with Crippen LogP contribution in [0.2, 0.25) is 0 Å². The van der Waals surface area contributed by atoms with Crippen LogP contribution < -0.4 is 0 Å². The van der Waals surface area contributed by atoms with Crippen LogP contribution in [0.15, 0.2) is 49.0 Å². The first-order valence-electron chi connectivity index (χ1n) is 6.70. The average molecular weight is 277 g/mol. The molecule has 3 rings (SSSR count). The highest BCUT2D eigenvalue weighted by molar-refractivity contribution is 5.95. The molecule has 104 valence electrons. The van der Waals surface area contributed by atoms with E-state index in [9.17, 15) is 4.79 Å². The molecule has 0 N–H and O–H groups in total. The molecule has 1 aromatic heterocycles. The third kappa shape index (κ3) is 2.14. The van der Waals surface area contributed by atoms with Crippen LogP contribution in [-0.4, -0.2) is 20.8 Å². The molecular formula is C17H15N3O. The van der Waals surface area contributed by atoms with Crippen LogP contribution in [0.25, 0.3) is 16.5 Å². The number of aromatic nitrogens is 3. The van der Waals surface area contributed by atoms with E-state index in [0.29, 0.717) is 17.1 Å². The Balaban J connectivity index is 2.15. The first-order chi connectivity index (χ1) is 10.1. The van der Waals surface area contributed by atoms with E-state index in [1.807, 2.05) is 37.3 Å². The van der Waals surface area contributed by atoms with Crippen molar-refractivity contribution >= 4 is 22.3 Å². The van der Waals surface area contributed by atoms with E-state index < -0.39 is 0 Å². The monoisotopic (exact) mass is 277 g/mol. The molecule has 1 heterocycles. The lowest BCUT2D eigenvalue weighted by Gasteiger charge is -2.10. The van der Waals surface area contributed by atoms with Crippen molar-refractivity contribution in [3.63, 3.8) is 0 Å². The van der Waals surface area contributed by atoms with Gasteiger partial charge in [-0.3, -0.25) is 4.79 Å². The first-order valence-corrected chi connectivity index (χ1v) is 6.70. The number of fused-ring (bicyclic) bond motifs is 1. The molecule has 4 nitrogen and oxygen atoms in total. The van der Waals surface area contributed by atoms with Crippen LogP contribution in [0, 0.1) is 6.92 Å². The zero-order valence-electron chi connectivity index (χ0n) is 12.0. The Morgan fingerprint density at radius 2 is 1.86 bits per heavy atom. The molecule has 0 atom stereocenters. The highest BCUT2D eigenvalue weighted by Crippen LogP contribution is 2.25. The van der Waals surface area contributed by atoms with Crippen LogP contribution in [-0.2, 0) is 0 Å². The predicted octanol–water partition coefficient (Wildman–Crippen LogP) is 3.46. The average Bonchev–Trinajstić information content (AvgIpc) is 2.88. The smallest absolute Gasteiger partial charge is 0.181 e. The highest BCUT2D eigenvalue weighted by atomic mass is 16.1. The Morgan fingerprint density at radius 1 is 1.14 bits per heavy atom. The summed E-state index contributed by atoms with van der Waals surface area (Å²) in [5.74, 6) is -0.0931. The van der Waals surface area contributed by atoms with Crippen LogP contribution in [0.5, 0.6) is 0 Å². The van der Waals surface area contributed by atoms with Gasteiger partial charge in [-0.15, -0.1) is 5.10 Å². The summed E-state index contributed by atoms with van der Waals surface area (Å²) in [7, 11) is 0. The molecule has 2 aromatic carbocycles. The van der Waals surface area contributed by atoms with Crippen molar-refractivity contribution in [1.82, 2.24) is 15.0 Å². The number of hydrogen-bond donors (Lipinski definition) is 0. The molecule has 3 aromatic rings. The Kier molecular flexibility index (Phi) is 3.14. The first kappa shape index (κ1) is 13.2. The summed E-state index contributed by atoms with van der Waals surface area (Å²) in [6.07, 6.45) is 0. The molecule has 0 fully saturated rings. The molecule has 0 spiro atoms. The van der Waals surface area contributed by atoms with E-state index >= 15 is 0 Å². The molecule has 4 heteroatoms. The maximum atomic E-state index is 11.5. The van der Waals surface area contributed by atoms with Gasteiger partial charge in [-0.25, -0.2) is 4.68 Å². The van der Waals surface area contributed by atoms with Gasteiger partial charge in [0.1, 0.15) is 0 Å². The number of benzene rings is 2. The topological polar surface area (TPSA) is 47.8 Å². The standard InChI is InChI=1S/C17H15N3O/c1-11(20-12(2)17(13(3)21)18-19-20)15-10-6-8-14-7-4-5-9-16(14)15/h4-10H,1H2,2-3H3. The molecule has 21 heavy (non-hydrogen) atoms. The molecule has 0 bridgehead atoms. The molecule has 0 unspecified atom stereocenters. The van der Waals surface area contributed by atoms with E-state index in [4.69, 9.17) is 0 Å². The van der Waals surface area contributed by atoms with Crippen molar-refractivity contribution in [2.24, 2.45) is 0 Å². The summed E-state index contributed by atoms with van der Waals surface area (Å²) in [6, 6.07) is 14.1. The normalized spacial score (nSPS) is 10.8. The number of carbonyl (C=O) groups is 1. The fraction of sp³-hybridized carbons (Fsp3) is 0.118. The third-order valence-corrected chi connectivity index (χ3v) is 3.58. The van der Waals surface area contributed by atoms with Crippen LogP contribution in [0.3, 0.4) is 0 Å². The van der Waals surface area contributed by atoms with Gasteiger partial charge < -0.3 is 0 Å². The van der Waals surface area contributed by atoms with Crippen LogP contribution in [0.4, 0.5) is 0 Å². The van der Waals surface area contributed by atoms with Gasteiger partial charge in [-0.1, -0.05) is 54.3 Å². The quantitative estimate of drug-likeness (QED) is 0.689. The minimum Gasteiger partial charge on any atom is -0.293 e. The number of nitrogens with zero attached hydrogens (tertiary/aromatic N) is 3. The molecule has 0 aliphatic rings. The van der Waals surface area contributed by atoms with Gasteiger partial charge in [0.2, 0.25) is 0 Å². The number of hydrogen-bond acceptors (Lipinski definition) is 3. The summed E-state index contributed by atoms with van der Waals surface area (Å²) in [6.45, 7) is 7.44. The summed E-state index contributed by atoms with van der Waals surface area (Å²) in [5.41, 5.74) is 2.79. The summed E-state index contributed by atoms with van der Waals surface area (Å²) >= 11 is 0. The summed E-state index contributed by atoms with van der Waals surface area (Å²) in [5, 5.41) is 10.3. The maximum Gasteiger partial charge on any atom is 0.181 e. The van der Waals surface area contributed by atoms with E-state index in [1.54, 1.807) is 4.68 Å². The van der Waals surface area contributed by atoms with Gasteiger partial charge in [0, 0.05) is 12.5 Å². The largest absolute Gasteiger partial charge is 0.293 e. The van der Waals surface area contributed by atoms with Gasteiger partial charge in [0.15, 0.2) is 11.5 Å². The maximum absolute atomic E-state index is 11.5. The van der Waals surface area contributed by atoms with E-state index in [2.05, 4.69) is 29.0 Å². The third-order valence-electron chi connectivity index (χ3n) is 3.58.